The maximum absolute atomic E-state index is 13.8. The summed E-state index contributed by atoms with van der Waals surface area (Å²) in [6.07, 6.45) is -2.81. The lowest BCUT2D eigenvalue weighted by Gasteiger charge is -2.19. The van der Waals surface area contributed by atoms with Gasteiger partial charge in [-0.25, -0.2) is 8.78 Å². The number of hydrogen-bond acceptors (Lipinski definition) is 2. The Balaban J connectivity index is 2.20. The Labute approximate surface area is 123 Å². The Morgan fingerprint density at radius 2 is 1.65 bits per heavy atom. The zero-order valence-electron chi connectivity index (χ0n) is 10.4. The molecule has 0 spiro atoms. The van der Waals surface area contributed by atoms with E-state index in [1.54, 1.807) is 30.3 Å². The molecule has 0 heterocycles. The van der Waals surface area contributed by atoms with Gasteiger partial charge in [0.1, 0.15) is 17.7 Å². The number of halogens is 3. The van der Waals surface area contributed by atoms with Crippen LogP contribution >= 0.6 is 15.9 Å². The van der Waals surface area contributed by atoms with Crippen molar-refractivity contribution in [1.29, 1.82) is 0 Å². The van der Waals surface area contributed by atoms with Gasteiger partial charge in [0.15, 0.2) is 0 Å². The summed E-state index contributed by atoms with van der Waals surface area (Å²) in [4.78, 5) is 0. The molecule has 2 aromatic rings. The zero-order valence-corrected chi connectivity index (χ0v) is 12.0. The van der Waals surface area contributed by atoms with E-state index in [4.69, 9.17) is 0 Å². The van der Waals surface area contributed by atoms with E-state index in [0.29, 0.717) is 5.56 Å². The first-order valence-electron chi connectivity index (χ1n) is 6.04. The lowest BCUT2D eigenvalue weighted by Crippen LogP contribution is -2.22. The fraction of sp³-hybridized carbons (Fsp3) is 0.200. The third kappa shape index (κ3) is 3.23. The SMILES string of the molecule is OC(Cc1c(F)ccc(Br)c1F)C(O)c1ccccc1. The Morgan fingerprint density at radius 1 is 1.00 bits per heavy atom. The number of aliphatic hydroxyl groups excluding tert-OH is 2. The van der Waals surface area contributed by atoms with Gasteiger partial charge in [-0.15, -0.1) is 0 Å². The van der Waals surface area contributed by atoms with Crippen LogP contribution in [0.4, 0.5) is 8.78 Å². The minimum Gasteiger partial charge on any atom is -0.390 e. The number of hydrogen-bond donors (Lipinski definition) is 2. The average Bonchev–Trinajstić information content (AvgIpc) is 2.47. The van der Waals surface area contributed by atoms with E-state index in [1.165, 1.54) is 6.07 Å². The van der Waals surface area contributed by atoms with Crippen molar-refractivity contribution in [3.8, 4) is 0 Å². The second-order valence-corrected chi connectivity index (χ2v) is 5.30. The quantitative estimate of drug-likeness (QED) is 0.836. The van der Waals surface area contributed by atoms with Crippen LogP contribution in [0.5, 0.6) is 0 Å². The third-order valence-electron chi connectivity index (χ3n) is 3.06. The third-order valence-corrected chi connectivity index (χ3v) is 3.67. The molecular weight excluding hydrogens is 330 g/mol. The van der Waals surface area contributed by atoms with Crippen LogP contribution in [0.2, 0.25) is 0 Å². The Bertz CT molecular complexity index is 590. The highest BCUT2D eigenvalue weighted by atomic mass is 79.9. The second-order valence-electron chi connectivity index (χ2n) is 4.45. The van der Waals surface area contributed by atoms with Crippen molar-refractivity contribution >= 4 is 15.9 Å². The molecule has 0 bridgehead atoms. The van der Waals surface area contributed by atoms with E-state index >= 15 is 0 Å². The van der Waals surface area contributed by atoms with Crippen LogP contribution in [0, 0.1) is 11.6 Å². The first-order chi connectivity index (χ1) is 9.50. The summed E-state index contributed by atoms with van der Waals surface area (Å²) >= 11 is 2.97. The number of aliphatic hydroxyl groups is 2. The fourth-order valence-electron chi connectivity index (χ4n) is 1.95. The number of benzene rings is 2. The van der Waals surface area contributed by atoms with Crippen LogP contribution < -0.4 is 0 Å². The first kappa shape index (κ1) is 15.1. The van der Waals surface area contributed by atoms with Crippen LogP contribution in [0.3, 0.4) is 0 Å². The Morgan fingerprint density at radius 3 is 2.30 bits per heavy atom. The van der Waals surface area contributed by atoms with Gasteiger partial charge >= 0.3 is 0 Å². The van der Waals surface area contributed by atoms with Crippen molar-refractivity contribution in [2.75, 3.05) is 0 Å². The molecule has 0 aliphatic rings. The molecule has 2 nitrogen and oxygen atoms in total. The van der Waals surface area contributed by atoms with Gasteiger partial charge in [-0.05, 0) is 33.6 Å². The van der Waals surface area contributed by atoms with Crippen LogP contribution in [0.15, 0.2) is 46.9 Å². The summed E-state index contributed by atoms with van der Waals surface area (Å²) in [5, 5.41) is 20.0. The summed E-state index contributed by atoms with van der Waals surface area (Å²) in [7, 11) is 0. The summed E-state index contributed by atoms with van der Waals surface area (Å²) in [6, 6.07) is 10.9. The van der Waals surface area contributed by atoms with Gasteiger partial charge in [0, 0.05) is 12.0 Å². The molecule has 2 N–H and O–H groups in total. The second kappa shape index (κ2) is 6.43. The standard InChI is InChI=1S/C15H13BrF2O2/c16-11-6-7-12(17)10(14(11)18)8-13(19)15(20)9-4-2-1-3-5-9/h1-7,13,15,19-20H,8H2. The van der Waals surface area contributed by atoms with Crippen molar-refractivity contribution in [3.05, 3.63) is 69.7 Å². The zero-order chi connectivity index (χ0) is 14.7. The van der Waals surface area contributed by atoms with Gasteiger partial charge in [-0.1, -0.05) is 30.3 Å². The van der Waals surface area contributed by atoms with Gasteiger partial charge < -0.3 is 10.2 Å². The molecule has 0 aromatic heterocycles. The van der Waals surface area contributed by atoms with E-state index in [-0.39, 0.29) is 16.5 Å². The molecule has 2 atom stereocenters. The van der Waals surface area contributed by atoms with Gasteiger partial charge in [0.2, 0.25) is 0 Å². The van der Waals surface area contributed by atoms with Crippen molar-refractivity contribution < 1.29 is 19.0 Å². The highest BCUT2D eigenvalue weighted by molar-refractivity contribution is 9.10. The molecule has 0 saturated carbocycles. The normalized spacial score (nSPS) is 14.1. The highest BCUT2D eigenvalue weighted by Crippen LogP contribution is 2.26. The Hall–Kier alpha value is -1.30. The predicted molar refractivity (Wildman–Crippen MR) is 75.2 cm³/mol. The molecular formula is C15H13BrF2O2. The summed E-state index contributed by atoms with van der Waals surface area (Å²) < 4.78 is 27.5. The van der Waals surface area contributed by atoms with Crippen LogP contribution in [-0.2, 0) is 6.42 Å². The smallest absolute Gasteiger partial charge is 0.143 e. The van der Waals surface area contributed by atoms with Gasteiger partial charge in [0.05, 0.1) is 10.6 Å². The van der Waals surface area contributed by atoms with Gasteiger partial charge in [0.25, 0.3) is 0 Å². The average molecular weight is 343 g/mol. The molecule has 0 aliphatic heterocycles. The van der Waals surface area contributed by atoms with Crippen molar-refractivity contribution in [2.45, 2.75) is 18.6 Å². The van der Waals surface area contributed by atoms with Crippen LogP contribution in [-0.4, -0.2) is 16.3 Å². The fourth-order valence-corrected chi connectivity index (χ4v) is 2.32. The van der Waals surface area contributed by atoms with Crippen molar-refractivity contribution in [3.63, 3.8) is 0 Å². The lowest BCUT2D eigenvalue weighted by atomic mass is 9.98. The monoisotopic (exact) mass is 342 g/mol. The molecule has 0 radical (unpaired) electrons. The van der Waals surface area contributed by atoms with E-state index in [2.05, 4.69) is 15.9 Å². The molecule has 0 aliphatic carbocycles. The molecule has 20 heavy (non-hydrogen) atoms. The van der Waals surface area contributed by atoms with Gasteiger partial charge in [-0.3, -0.25) is 0 Å². The highest BCUT2D eigenvalue weighted by Gasteiger charge is 2.22. The van der Waals surface area contributed by atoms with Crippen molar-refractivity contribution in [1.82, 2.24) is 0 Å². The van der Waals surface area contributed by atoms with Crippen LogP contribution in [0.25, 0.3) is 0 Å². The predicted octanol–water partition coefficient (Wildman–Crippen LogP) is 3.36. The molecule has 0 amide bonds. The molecule has 0 saturated heterocycles. The molecule has 5 heteroatoms. The van der Waals surface area contributed by atoms with Gasteiger partial charge in [-0.2, -0.15) is 0 Å². The summed E-state index contributed by atoms with van der Waals surface area (Å²) in [6.45, 7) is 0. The van der Waals surface area contributed by atoms with E-state index < -0.39 is 23.8 Å². The summed E-state index contributed by atoms with van der Waals surface area (Å²) in [5.74, 6) is -1.51. The van der Waals surface area contributed by atoms with Crippen molar-refractivity contribution in [2.24, 2.45) is 0 Å². The molecule has 2 aromatic carbocycles. The molecule has 2 rings (SSSR count). The number of rotatable bonds is 4. The lowest BCUT2D eigenvalue weighted by molar-refractivity contribution is 0.0180. The molecule has 106 valence electrons. The Kier molecular flexibility index (Phi) is 4.86. The van der Waals surface area contributed by atoms with E-state index in [0.717, 1.165) is 6.07 Å². The topological polar surface area (TPSA) is 40.5 Å². The minimum atomic E-state index is -1.30. The van der Waals surface area contributed by atoms with E-state index in [1.807, 2.05) is 0 Å². The summed E-state index contributed by atoms with van der Waals surface area (Å²) in [5.41, 5.74) is 0.248. The first-order valence-corrected chi connectivity index (χ1v) is 6.83. The van der Waals surface area contributed by atoms with E-state index in [9.17, 15) is 19.0 Å². The molecule has 0 fully saturated rings. The largest absolute Gasteiger partial charge is 0.390 e. The minimum absolute atomic E-state index is 0.121. The maximum atomic E-state index is 13.8. The molecule has 2 unspecified atom stereocenters. The maximum Gasteiger partial charge on any atom is 0.143 e. The van der Waals surface area contributed by atoms with Crippen LogP contribution in [0.1, 0.15) is 17.2 Å².